The summed E-state index contributed by atoms with van der Waals surface area (Å²) in [5.74, 6) is -0.634. The Balaban J connectivity index is 2.22. The first kappa shape index (κ1) is 16.9. The van der Waals surface area contributed by atoms with Crippen molar-refractivity contribution in [2.45, 2.75) is 32.1 Å². The maximum absolute atomic E-state index is 12.1. The number of methoxy groups -OCH3 is 1. The fourth-order valence-electron chi connectivity index (χ4n) is 2.37. The van der Waals surface area contributed by atoms with Crippen LogP contribution < -0.4 is 0 Å². The molecule has 116 valence electrons. The topological polar surface area (TPSA) is 70.1 Å². The smallest absolute Gasteiger partial charge is 0.303 e. The predicted octanol–water partition coefficient (Wildman–Crippen LogP) is 0.812. The second-order valence-electron chi connectivity index (χ2n) is 5.17. The van der Waals surface area contributed by atoms with Gasteiger partial charge in [0.1, 0.15) is 0 Å². The number of amides is 1. The fourth-order valence-corrected chi connectivity index (χ4v) is 2.37. The lowest BCUT2D eigenvalue weighted by atomic mass is 10.2. The number of aliphatic carboxylic acids is 1. The normalized spacial score (nSPS) is 16.9. The second-order valence-corrected chi connectivity index (χ2v) is 5.17. The summed E-state index contributed by atoms with van der Waals surface area (Å²) in [7, 11) is 1.70. The van der Waals surface area contributed by atoms with Crippen molar-refractivity contribution in [3.05, 3.63) is 0 Å². The molecule has 6 nitrogen and oxygen atoms in total. The Morgan fingerprint density at radius 1 is 1.10 bits per heavy atom. The van der Waals surface area contributed by atoms with Gasteiger partial charge in [-0.05, 0) is 25.8 Å². The third kappa shape index (κ3) is 6.86. The van der Waals surface area contributed by atoms with Crippen molar-refractivity contribution >= 4 is 11.9 Å². The van der Waals surface area contributed by atoms with Gasteiger partial charge in [-0.15, -0.1) is 0 Å². The molecule has 0 bridgehead atoms. The number of unbranched alkanes of at least 4 members (excludes halogenated alkanes) is 1. The molecule has 0 atom stereocenters. The summed E-state index contributed by atoms with van der Waals surface area (Å²) in [5.41, 5.74) is 0. The minimum Gasteiger partial charge on any atom is -0.481 e. The van der Waals surface area contributed by atoms with Crippen molar-refractivity contribution in [1.29, 1.82) is 0 Å². The van der Waals surface area contributed by atoms with E-state index >= 15 is 0 Å². The number of ether oxygens (including phenoxy) is 1. The molecule has 0 aliphatic carbocycles. The number of carboxylic acids is 1. The quantitative estimate of drug-likeness (QED) is 0.669. The largest absolute Gasteiger partial charge is 0.481 e. The van der Waals surface area contributed by atoms with Gasteiger partial charge < -0.3 is 14.7 Å². The number of carboxylic acid groups (broad SMARTS) is 1. The molecule has 0 saturated carbocycles. The number of hydrogen-bond acceptors (Lipinski definition) is 4. The van der Waals surface area contributed by atoms with E-state index in [4.69, 9.17) is 9.84 Å². The third-order valence-corrected chi connectivity index (χ3v) is 3.58. The molecule has 1 aliphatic heterocycles. The average Bonchev–Trinajstić information content (AvgIpc) is 2.66. The Bertz CT molecular complexity index is 310. The van der Waals surface area contributed by atoms with Crippen LogP contribution in [0.4, 0.5) is 0 Å². The Labute approximate surface area is 120 Å². The zero-order valence-corrected chi connectivity index (χ0v) is 12.3. The van der Waals surface area contributed by atoms with Crippen LogP contribution in [0.2, 0.25) is 0 Å². The number of nitrogens with zero attached hydrogens (tertiary/aromatic N) is 2. The van der Waals surface area contributed by atoms with Crippen LogP contribution >= 0.6 is 0 Å². The average molecular weight is 286 g/mol. The van der Waals surface area contributed by atoms with Crippen molar-refractivity contribution in [3.8, 4) is 0 Å². The summed E-state index contributed by atoms with van der Waals surface area (Å²) < 4.78 is 5.07. The highest BCUT2D eigenvalue weighted by atomic mass is 16.5. The van der Waals surface area contributed by atoms with Gasteiger partial charge in [-0.25, -0.2) is 0 Å². The molecular formula is C14H26N2O4. The van der Waals surface area contributed by atoms with Crippen LogP contribution in [0.3, 0.4) is 0 Å². The van der Waals surface area contributed by atoms with Crippen LogP contribution in [-0.2, 0) is 14.3 Å². The van der Waals surface area contributed by atoms with Crippen LogP contribution in [0.25, 0.3) is 0 Å². The van der Waals surface area contributed by atoms with Gasteiger partial charge in [0.15, 0.2) is 0 Å². The lowest BCUT2D eigenvalue weighted by molar-refractivity contribution is -0.137. The number of rotatable bonds is 8. The molecule has 6 heteroatoms. The van der Waals surface area contributed by atoms with E-state index < -0.39 is 5.97 Å². The van der Waals surface area contributed by atoms with Gasteiger partial charge in [-0.3, -0.25) is 14.5 Å². The first-order valence-electron chi connectivity index (χ1n) is 7.34. The zero-order chi connectivity index (χ0) is 14.8. The molecule has 1 aliphatic rings. The van der Waals surface area contributed by atoms with Crippen molar-refractivity contribution in [2.24, 2.45) is 0 Å². The summed E-state index contributed by atoms with van der Waals surface area (Å²) in [6, 6.07) is 0. The highest BCUT2D eigenvalue weighted by Gasteiger charge is 2.18. The van der Waals surface area contributed by atoms with E-state index in [9.17, 15) is 9.59 Å². The van der Waals surface area contributed by atoms with Crippen molar-refractivity contribution in [2.75, 3.05) is 46.4 Å². The van der Waals surface area contributed by atoms with E-state index in [0.717, 1.165) is 45.8 Å². The Morgan fingerprint density at radius 2 is 1.85 bits per heavy atom. The standard InChI is InChI=1S/C14H26N2O4/c1-20-12-11-15-7-4-8-16(10-9-15)13(17)5-2-3-6-14(18)19/h2-12H2,1H3,(H,18,19). The molecule has 0 aromatic carbocycles. The van der Waals surface area contributed by atoms with E-state index in [-0.39, 0.29) is 12.3 Å². The molecule has 0 radical (unpaired) electrons. The Morgan fingerprint density at radius 3 is 2.55 bits per heavy atom. The molecule has 1 N–H and O–H groups in total. The van der Waals surface area contributed by atoms with Gasteiger partial charge in [-0.1, -0.05) is 0 Å². The van der Waals surface area contributed by atoms with E-state index in [1.807, 2.05) is 4.90 Å². The molecule has 1 amide bonds. The van der Waals surface area contributed by atoms with Gasteiger partial charge in [0.05, 0.1) is 6.61 Å². The maximum atomic E-state index is 12.1. The number of carbonyl (C=O) groups is 2. The van der Waals surface area contributed by atoms with E-state index in [2.05, 4.69) is 4.90 Å². The van der Waals surface area contributed by atoms with E-state index in [1.54, 1.807) is 7.11 Å². The zero-order valence-electron chi connectivity index (χ0n) is 12.3. The number of carbonyl (C=O) groups excluding carboxylic acids is 1. The predicted molar refractivity (Wildman–Crippen MR) is 75.6 cm³/mol. The molecule has 0 aromatic heterocycles. The molecule has 1 fully saturated rings. The van der Waals surface area contributed by atoms with Gasteiger partial charge in [-0.2, -0.15) is 0 Å². The maximum Gasteiger partial charge on any atom is 0.303 e. The first-order chi connectivity index (χ1) is 9.63. The van der Waals surface area contributed by atoms with Crippen LogP contribution in [-0.4, -0.2) is 73.2 Å². The van der Waals surface area contributed by atoms with Crippen molar-refractivity contribution < 1.29 is 19.4 Å². The van der Waals surface area contributed by atoms with Crippen LogP contribution in [0.15, 0.2) is 0 Å². The highest BCUT2D eigenvalue weighted by molar-refractivity contribution is 5.76. The fraction of sp³-hybridized carbons (Fsp3) is 0.857. The molecule has 1 heterocycles. The Hall–Kier alpha value is -1.14. The highest BCUT2D eigenvalue weighted by Crippen LogP contribution is 2.08. The van der Waals surface area contributed by atoms with Crippen LogP contribution in [0.5, 0.6) is 0 Å². The molecule has 0 aromatic rings. The van der Waals surface area contributed by atoms with Crippen molar-refractivity contribution in [3.63, 3.8) is 0 Å². The van der Waals surface area contributed by atoms with Crippen LogP contribution in [0.1, 0.15) is 32.1 Å². The Kier molecular flexibility index (Phi) is 8.22. The van der Waals surface area contributed by atoms with Gasteiger partial charge >= 0.3 is 5.97 Å². The third-order valence-electron chi connectivity index (χ3n) is 3.58. The van der Waals surface area contributed by atoms with Crippen molar-refractivity contribution in [1.82, 2.24) is 9.80 Å². The monoisotopic (exact) mass is 286 g/mol. The molecule has 0 spiro atoms. The lowest BCUT2D eigenvalue weighted by Gasteiger charge is -2.21. The molecule has 0 unspecified atom stereocenters. The summed E-state index contributed by atoms with van der Waals surface area (Å²) in [6.45, 7) is 5.11. The lowest BCUT2D eigenvalue weighted by Crippen LogP contribution is -2.35. The van der Waals surface area contributed by atoms with E-state index in [1.165, 1.54) is 0 Å². The molecular weight excluding hydrogens is 260 g/mol. The summed E-state index contributed by atoms with van der Waals surface area (Å²) in [5, 5.41) is 8.55. The minimum absolute atomic E-state index is 0.151. The number of hydrogen-bond donors (Lipinski definition) is 1. The van der Waals surface area contributed by atoms with Crippen LogP contribution in [0, 0.1) is 0 Å². The van der Waals surface area contributed by atoms with Gasteiger partial charge in [0.2, 0.25) is 5.91 Å². The summed E-state index contributed by atoms with van der Waals surface area (Å²) >= 11 is 0. The van der Waals surface area contributed by atoms with Gasteiger partial charge in [0.25, 0.3) is 0 Å². The minimum atomic E-state index is -0.791. The van der Waals surface area contributed by atoms with E-state index in [0.29, 0.717) is 19.3 Å². The first-order valence-corrected chi connectivity index (χ1v) is 7.34. The van der Waals surface area contributed by atoms with Gasteiger partial charge in [0, 0.05) is 46.1 Å². The summed E-state index contributed by atoms with van der Waals surface area (Å²) in [6.07, 6.45) is 2.85. The summed E-state index contributed by atoms with van der Waals surface area (Å²) in [4.78, 5) is 26.7. The second kappa shape index (κ2) is 9.72. The molecule has 1 saturated heterocycles. The SMILES string of the molecule is COCCN1CCCN(C(=O)CCCCC(=O)O)CC1. The molecule has 1 rings (SSSR count). The molecule has 20 heavy (non-hydrogen) atoms.